The zero-order valence-corrected chi connectivity index (χ0v) is 13.8. The van der Waals surface area contributed by atoms with Crippen LogP contribution in [0.3, 0.4) is 0 Å². The van der Waals surface area contributed by atoms with Crippen molar-refractivity contribution in [1.29, 1.82) is 0 Å². The first kappa shape index (κ1) is 16.8. The fourth-order valence-electron chi connectivity index (χ4n) is 2.38. The van der Waals surface area contributed by atoms with Gasteiger partial charge in [-0.15, -0.1) is 0 Å². The van der Waals surface area contributed by atoms with Crippen molar-refractivity contribution in [3.8, 4) is 0 Å². The van der Waals surface area contributed by atoms with Crippen LogP contribution in [0.2, 0.25) is 0 Å². The Labute approximate surface area is 145 Å². The van der Waals surface area contributed by atoms with Crippen molar-refractivity contribution in [2.75, 3.05) is 6.54 Å². The van der Waals surface area contributed by atoms with E-state index in [4.69, 9.17) is 9.25 Å². The first-order valence-corrected chi connectivity index (χ1v) is 7.98. The molecule has 0 spiro atoms. The molecule has 130 valence electrons. The van der Waals surface area contributed by atoms with Gasteiger partial charge in [-0.2, -0.15) is 0 Å². The molecule has 1 aliphatic heterocycles. The van der Waals surface area contributed by atoms with E-state index in [0.717, 1.165) is 16.8 Å². The molecular formula is C18H19N3O4. The zero-order chi connectivity index (χ0) is 17.6. The summed E-state index contributed by atoms with van der Waals surface area (Å²) in [7, 11) is 0. The van der Waals surface area contributed by atoms with Gasteiger partial charge < -0.3 is 19.9 Å². The fourth-order valence-corrected chi connectivity index (χ4v) is 2.38. The summed E-state index contributed by atoms with van der Waals surface area (Å²) in [5, 5.41) is 9.19. The van der Waals surface area contributed by atoms with E-state index in [1.54, 1.807) is 12.1 Å². The van der Waals surface area contributed by atoms with Gasteiger partial charge in [0.25, 0.3) is 5.91 Å². The van der Waals surface area contributed by atoms with Crippen LogP contribution in [0.25, 0.3) is 0 Å². The van der Waals surface area contributed by atoms with E-state index in [1.165, 1.54) is 6.26 Å². The Balaban J connectivity index is 1.42. The van der Waals surface area contributed by atoms with E-state index in [1.807, 2.05) is 31.2 Å². The summed E-state index contributed by atoms with van der Waals surface area (Å²) in [6.07, 6.45) is 1.20. The monoisotopic (exact) mass is 341 g/mol. The number of amides is 2. The van der Waals surface area contributed by atoms with Crippen molar-refractivity contribution in [2.45, 2.75) is 26.0 Å². The highest BCUT2D eigenvalue weighted by atomic mass is 16.6. The highest BCUT2D eigenvalue weighted by Crippen LogP contribution is 2.17. The quantitative estimate of drug-likeness (QED) is 0.833. The molecule has 2 N–H and O–H groups in total. The van der Waals surface area contributed by atoms with Gasteiger partial charge in [0.05, 0.1) is 25.1 Å². The highest BCUT2D eigenvalue weighted by molar-refractivity contribution is 6.04. The Morgan fingerprint density at radius 3 is 2.72 bits per heavy atom. The molecule has 1 aromatic carbocycles. The van der Waals surface area contributed by atoms with Gasteiger partial charge in [-0.1, -0.05) is 35.0 Å². The molecule has 0 fully saturated rings. The van der Waals surface area contributed by atoms with E-state index in [9.17, 15) is 9.59 Å². The second kappa shape index (κ2) is 7.65. The summed E-state index contributed by atoms with van der Waals surface area (Å²) in [6.45, 7) is 2.16. The molecule has 1 unspecified atom stereocenters. The van der Waals surface area contributed by atoms with Crippen LogP contribution >= 0.6 is 0 Å². The average molecular weight is 341 g/mol. The standard InChI is InChI=1S/C18H19N3O4/c1-12-4-6-13(7-5-12)15-9-16(25-21-15)18(23)20-11-17(22)19-10-14-3-2-8-24-14/h2-8,16H,9-11H2,1H3,(H,19,22)(H,20,23). The predicted octanol–water partition coefficient (Wildman–Crippen LogP) is 1.51. The third kappa shape index (κ3) is 4.47. The lowest BCUT2D eigenvalue weighted by atomic mass is 10.0. The first-order valence-electron chi connectivity index (χ1n) is 7.98. The van der Waals surface area contributed by atoms with Gasteiger partial charge in [0, 0.05) is 6.42 Å². The minimum absolute atomic E-state index is 0.126. The average Bonchev–Trinajstić information content (AvgIpc) is 3.30. The molecule has 0 aliphatic carbocycles. The van der Waals surface area contributed by atoms with Gasteiger partial charge in [-0.25, -0.2) is 0 Å². The molecule has 2 amide bonds. The number of carbonyl (C=O) groups is 2. The van der Waals surface area contributed by atoms with Gasteiger partial charge in [0.15, 0.2) is 0 Å². The van der Waals surface area contributed by atoms with Crippen LogP contribution in [0, 0.1) is 6.92 Å². The van der Waals surface area contributed by atoms with Crippen molar-refractivity contribution in [3.05, 3.63) is 59.5 Å². The third-order valence-electron chi connectivity index (χ3n) is 3.81. The lowest BCUT2D eigenvalue weighted by Crippen LogP contribution is -2.41. The largest absolute Gasteiger partial charge is 0.467 e. The van der Waals surface area contributed by atoms with Crippen molar-refractivity contribution in [2.24, 2.45) is 5.16 Å². The van der Waals surface area contributed by atoms with E-state index in [2.05, 4.69) is 15.8 Å². The topological polar surface area (TPSA) is 92.9 Å². The zero-order valence-electron chi connectivity index (χ0n) is 13.8. The molecule has 2 heterocycles. The van der Waals surface area contributed by atoms with Crippen molar-refractivity contribution in [3.63, 3.8) is 0 Å². The predicted molar refractivity (Wildman–Crippen MR) is 90.8 cm³/mol. The van der Waals surface area contributed by atoms with Crippen molar-refractivity contribution in [1.82, 2.24) is 10.6 Å². The number of oxime groups is 1. The Morgan fingerprint density at radius 1 is 1.20 bits per heavy atom. The van der Waals surface area contributed by atoms with Gasteiger partial charge in [0.2, 0.25) is 12.0 Å². The molecule has 1 aliphatic rings. The molecule has 0 saturated carbocycles. The van der Waals surface area contributed by atoms with Gasteiger partial charge in [0.1, 0.15) is 5.76 Å². The maximum absolute atomic E-state index is 12.1. The van der Waals surface area contributed by atoms with Gasteiger partial charge >= 0.3 is 0 Å². The van der Waals surface area contributed by atoms with E-state index in [0.29, 0.717) is 12.2 Å². The second-order valence-electron chi connectivity index (χ2n) is 5.78. The molecule has 7 nitrogen and oxygen atoms in total. The van der Waals surface area contributed by atoms with Crippen molar-refractivity contribution < 1.29 is 18.8 Å². The molecule has 1 atom stereocenters. The number of nitrogens with one attached hydrogen (secondary N) is 2. The van der Waals surface area contributed by atoms with Crippen LogP contribution in [0.4, 0.5) is 0 Å². The number of benzene rings is 1. The number of nitrogens with zero attached hydrogens (tertiary/aromatic N) is 1. The molecule has 25 heavy (non-hydrogen) atoms. The summed E-state index contributed by atoms with van der Waals surface area (Å²) in [5.41, 5.74) is 2.80. The molecule has 0 bridgehead atoms. The van der Waals surface area contributed by atoms with Crippen LogP contribution in [0.1, 0.15) is 23.3 Å². The minimum Gasteiger partial charge on any atom is -0.467 e. The second-order valence-corrected chi connectivity index (χ2v) is 5.78. The van der Waals surface area contributed by atoms with Gasteiger partial charge in [-0.3, -0.25) is 9.59 Å². The fraction of sp³-hybridized carbons (Fsp3) is 0.278. The van der Waals surface area contributed by atoms with Crippen LogP contribution in [-0.4, -0.2) is 30.2 Å². The Kier molecular flexibility index (Phi) is 5.13. The van der Waals surface area contributed by atoms with Crippen LogP contribution in [0.5, 0.6) is 0 Å². The third-order valence-corrected chi connectivity index (χ3v) is 3.81. The molecule has 2 aromatic rings. The SMILES string of the molecule is Cc1ccc(C2=NOC(C(=O)NCC(=O)NCc3ccco3)C2)cc1. The van der Waals surface area contributed by atoms with Crippen LogP contribution in [0.15, 0.2) is 52.2 Å². The number of hydrogen-bond donors (Lipinski definition) is 2. The Morgan fingerprint density at radius 2 is 2.00 bits per heavy atom. The minimum atomic E-state index is -0.714. The van der Waals surface area contributed by atoms with Crippen LogP contribution < -0.4 is 10.6 Å². The number of rotatable bonds is 6. The maximum Gasteiger partial charge on any atom is 0.264 e. The normalized spacial score (nSPS) is 16.0. The summed E-state index contributed by atoms with van der Waals surface area (Å²) >= 11 is 0. The van der Waals surface area contributed by atoms with Crippen LogP contribution in [-0.2, 0) is 21.0 Å². The number of furan rings is 1. The highest BCUT2D eigenvalue weighted by Gasteiger charge is 2.28. The summed E-state index contributed by atoms with van der Waals surface area (Å²) in [6, 6.07) is 11.4. The number of aryl methyl sites for hydroxylation is 1. The Hall–Kier alpha value is -3.09. The number of carbonyl (C=O) groups excluding carboxylic acids is 2. The molecule has 7 heteroatoms. The molecule has 0 radical (unpaired) electrons. The smallest absolute Gasteiger partial charge is 0.264 e. The molecular weight excluding hydrogens is 322 g/mol. The van der Waals surface area contributed by atoms with Crippen molar-refractivity contribution >= 4 is 17.5 Å². The molecule has 3 rings (SSSR count). The lowest BCUT2D eigenvalue weighted by Gasteiger charge is -2.09. The summed E-state index contributed by atoms with van der Waals surface area (Å²) in [5.74, 6) is -0.0172. The molecule has 1 aromatic heterocycles. The summed E-state index contributed by atoms with van der Waals surface area (Å²) in [4.78, 5) is 29.0. The summed E-state index contributed by atoms with van der Waals surface area (Å²) < 4.78 is 5.11. The van der Waals surface area contributed by atoms with E-state index >= 15 is 0 Å². The maximum atomic E-state index is 12.1. The Bertz CT molecular complexity index is 766. The van der Waals surface area contributed by atoms with E-state index < -0.39 is 6.10 Å². The lowest BCUT2D eigenvalue weighted by molar-refractivity contribution is -0.133. The first-order chi connectivity index (χ1) is 12.1. The van der Waals surface area contributed by atoms with Gasteiger partial charge in [-0.05, 0) is 24.6 Å². The molecule has 0 saturated heterocycles. The number of hydrogen-bond acceptors (Lipinski definition) is 5. The van der Waals surface area contributed by atoms with E-state index in [-0.39, 0.29) is 24.9 Å².